The van der Waals surface area contributed by atoms with Crippen LogP contribution >= 0.6 is 0 Å². The number of ether oxygens (including phenoxy) is 2. The zero-order chi connectivity index (χ0) is 11.5. The summed E-state index contributed by atoms with van der Waals surface area (Å²) in [6, 6.07) is 0. The highest BCUT2D eigenvalue weighted by atomic mass is 16.7. The van der Waals surface area contributed by atoms with E-state index in [1.54, 1.807) is 26.7 Å². The molecule has 0 amide bonds. The Morgan fingerprint density at radius 1 is 1.47 bits per heavy atom. The fraction of sp³-hybridized carbons (Fsp3) is 0.700. The first kappa shape index (κ1) is 12.2. The monoisotopic (exact) mass is 213 g/mol. The summed E-state index contributed by atoms with van der Waals surface area (Å²) in [6.45, 7) is 4.61. The van der Waals surface area contributed by atoms with Crippen molar-refractivity contribution < 1.29 is 9.47 Å². The summed E-state index contributed by atoms with van der Waals surface area (Å²) in [6.07, 6.45) is 3.07. The standard InChI is InChI=1S/C10H19N3O2/c1-10(2,6-11)13-7-12-5-8(13)9(14-3)15-4/h5,7,9H,6,11H2,1-4H3. The molecule has 0 aliphatic heterocycles. The van der Waals surface area contributed by atoms with Crippen LogP contribution in [0.4, 0.5) is 0 Å². The largest absolute Gasteiger partial charge is 0.350 e. The third-order valence-corrected chi connectivity index (χ3v) is 2.49. The molecule has 0 fully saturated rings. The van der Waals surface area contributed by atoms with Crippen molar-refractivity contribution in [3.63, 3.8) is 0 Å². The molecular weight excluding hydrogens is 194 g/mol. The van der Waals surface area contributed by atoms with Gasteiger partial charge in [0.1, 0.15) is 0 Å². The lowest BCUT2D eigenvalue weighted by Crippen LogP contribution is -2.36. The molecule has 2 N–H and O–H groups in total. The molecule has 0 atom stereocenters. The fourth-order valence-electron chi connectivity index (χ4n) is 1.42. The summed E-state index contributed by atoms with van der Waals surface area (Å²) in [5.41, 5.74) is 6.40. The Morgan fingerprint density at radius 2 is 2.07 bits per heavy atom. The quantitative estimate of drug-likeness (QED) is 0.737. The molecule has 5 nitrogen and oxygen atoms in total. The van der Waals surface area contributed by atoms with Crippen LogP contribution in [0.15, 0.2) is 12.5 Å². The Hall–Kier alpha value is -0.910. The van der Waals surface area contributed by atoms with Crippen LogP contribution < -0.4 is 5.73 Å². The smallest absolute Gasteiger partial charge is 0.200 e. The normalized spacial score (nSPS) is 12.4. The van der Waals surface area contributed by atoms with E-state index in [2.05, 4.69) is 4.98 Å². The van der Waals surface area contributed by atoms with Gasteiger partial charge in [0.2, 0.25) is 0 Å². The van der Waals surface area contributed by atoms with Crippen LogP contribution in [0, 0.1) is 0 Å². The van der Waals surface area contributed by atoms with Crippen molar-refractivity contribution in [3.05, 3.63) is 18.2 Å². The SMILES string of the molecule is COC(OC)c1cncn1C(C)(C)CN. The molecule has 0 spiro atoms. The highest BCUT2D eigenvalue weighted by Gasteiger charge is 2.24. The second-order valence-corrected chi connectivity index (χ2v) is 4.01. The first-order valence-corrected chi connectivity index (χ1v) is 4.85. The van der Waals surface area contributed by atoms with Gasteiger partial charge >= 0.3 is 0 Å². The van der Waals surface area contributed by atoms with Crippen LogP contribution in [0.3, 0.4) is 0 Å². The average molecular weight is 213 g/mol. The Kier molecular flexibility index (Phi) is 3.84. The zero-order valence-electron chi connectivity index (χ0n) is 9.73. The van der Waals surface area contributed by atoms with Crippen molar-refractivity contribution >= 4 is 0 Å². The highest BCUT2D eigenvalue weighted by Crippen LogP contribution is 2.23. The molecule has 1 heterocycles. The summed E-state index contributed by atoms with van der Waals surface area (Å²) < 4.78 is 12.4. The maximum atomic E-state index is 5.72. The van der Waals surface area contributed by atoms with Crippen molar-refractivity contribution in [2.24, 2.45) is 5.73 Å². The minimum absolute atomic E-state index is 0.193. The number of nitrogens with two attached hydrogens (primary N) is 1. The van der Waals surface area contributed by atoms with Crippen LogP contribution in [0.25, 0.3) is 0 Å². The third kappa shape index (κ3) is 2.37. The second-order valence-electron chi connectivity index (χ2n) is 4.01. The summed E-state index contributed by atoms with van der Waals surface area (Å²) in [5.74, 6) is 0. The predicted octanol–water partition coefficient (Wildman–Crippen LogP) is 0.868. The van der Waals surface area contributed by atoms with E-state index in [1.807, 2.05) is 18.4 Å². The lowest BCUT2D eigenvalue weighted by atomic mass is 10.1. The minimum Gasteiger partial charge on any atom is -0.350 e. The predicted molar refractivity (Wildman–Crippen MR) is 57.4 cm³/mol. The molecule has 86 valence electrons. The molecule has 5 heteroatoms. The van der Waals surface area contributed by atoms with Crippen LogP contribution in [0.5, 0.6) is 0 Å². The first-order chi connectivity index (χ1) is 7.06. The van der Waals surface area contributed by atoms with Crippen molar-refractivity contribution in [2.45, 2.75) is 25.7 Å². The number of hydrogen-bond acceptors (Lipinski definition) is 4. The summed E-state index contributed by atoms with van der Waals surface area (Å²) in [5, 5.41) is 0. The number of hydrogen-bond donors (Lipinski definition) is 1. The Labute approximate surface area is 90.2 Å². The van der Waals surface area contributed by atoms with Gasteiger partial charge in [0.15, 0.2) is 6.29 Å². The molecule has 0 aromatic carbocycles. The molecule has 1 rings (SSSR count). The van der Waals surface area contributed by atoms with Crippen LogP contribution in [0.1, 0.15) is 25.8 Å². The van der Waals surface area contributed by atoms with Gasteiger partial charge in [-0.2, -0.15) is 0 Å². The topological polar surface area (TPSA) is 62.3 Å². The number of aromatic nitrogens is 2. The lowest BCUT2D eigenvalue weighted by molar-refractivity contribution is -0.111. The molecule has 1 aromatic rings. The van der Waals surface area contributed by atoms with E-state index in [-0.39, 0.29) is 5.54 Å². The number of nitrogens with zero attached hydrogens (tertiary/aromatic N) is 2. The van der Waals surface area contributed by atoms with Gasteiger partial charge in [-0.25, -0.2) is 4.98 Å². The van der Waals surface area contributed by atoms with E-state index >= 15 is 0 Å². The minimum atomic E-state index is -0.404. The van der Waals surface area contributed by atoms with E-state index in [9.17, 15) is 0 Å². The molecule has 0 radical (unpaired) electrons. The maximum Gasteiger partial charge on any atom is 0.200 e. The Morgan fingerprint density at radius 3 is 2.53 bits per heavy atom. The third-order valence-electron chi connectivity index (χ3n) is 2.49. The van der Waals surface area contributed by atoms with E-state index in [4.69, 9.17) is 15.2 Å². The Bertz CT molecular complexity index is 305. The molecule has 0 saturated heterocycles. The van der Waals surface area contributed by atoms with Gasteiger partial charge in [-0.3, -0.25) is 0 Å². The maximum absolute atomic E-state index is 5.72. The Balaban J connectivity index is 3.05. The zero-order valence-corrected chi connectivity index (χ0v) is 9.73. The molecule has 0 aliphatic rings. The van der Waals surface area contributed by atoms with Crippen LogP contribution in [0.2, 0.25) is 0 Å². The molecule has 0 aliphatic carbocycles. The van der Waals surface area contributed by atoms with Gasteiger partial charge in [0.25, 0.3) is 0 Å². The van der Waals surface area contributed by atoms with Gasteiger partial charge in [-0.15, -0.1) is 0 Å². The van der Waals surface area contributed by atoms with Crippen molar-refractivity contribution in [2.75, 3.05) is 20.8 Å². The van der Waals surface area contributed by atoms with Gasteiger partial charge in [-0.1, -0.05) is 0 Å². The van der Waals surface area contributed by atoms with Gasteiger partial charge in [-0.05, 0) is 13.8 Å². The molecule has 0 bridgehead atoms. The van der Waals surface area contributed by atoms with Crippen molar-refractivity contribution in [1.82, 2.24) is 9.55 Å². The van der Waals surface area contributed by atoms with Gasteiger partial charge in [0.05, 0.1) is 23.8 Å². The van der Waals surface area contributed by atoms with Gasteiger partial charge < -0.3 is 19.8 Å². The van der Waals surface area contributed by atoms with E-state index in [0.717, 1.165) is 5.69 Å². The molecule has 15 heavy (non-hydrogen) atoms. The first-order valence-electron chi connectivity index (χ1n) is 4.85. The van der Waals surface area contributed by atoms with Crippen molar-refractivity contribution in [3.8, 4) is 0 Å². The number of rotatable bonds is 5. The van der Waals surface area contributed by atoms with Crippen molar-refractivity contribution in [1.29, 1.82) is 0 Å². The summed E-state index contributed by atoms with van der Waals surface area (Å²) >= 11 is 0. The molecule has 0 saturated carbocycles. The highest BCUT2D eigenvalue weighted by molar-refractivity contribution is 5.05. The van der Waals surface area contributed by atoms with E-state index in [1.165, 1.54) is 0 Å². The lowest BCUT2D eigenvalue weighted by Gasteiger charge is -2.28. The average Bonchev–Trinajstić information content (AvgIpc) is 2.69. The van der Waals surface area contributed by atoms with E-state index < -0.39 is 6.29 Å². The molecule has 0 unspecified atom stereocenters. The molecule has 1 aromatic heterocycles. The van der Waals surface area contributed by atoms with E-state index in [0.29, 0.717) is 6.54 Å². The summed E-state index contributed by atoms with van der Waals surface area (Å²) in [7, 11) is 3.20. The summed E-state index contributed by atoms with van der Waals surface area (Å²) in [4.78, 5) is 4.10. The fourth-order valence-corrected chi connectivity index (χ4v) is 1.42. The van der Waals surface area contributed by atoms with Gasteiger partial charge in [0, 0.05) is 20.8 Å². The number of imidazole rings is 1. The second kappa shape index (κ2) is 4.74. The van der Waals surface area contributed by atoms with Crippen LogP contribution in [-0.2, 0) is 15.0 Å². The molecular formula is C10H19N3O2. The number of methoxy groups -OCH3 is 2. The van der Waals surface area contributed by atoms with Crippen LogP contribution in [-0.4, -0.2) is 30.3 Å².